The minimum Gasteiger partial charge on any atom is -0.494 e. The second-order valence-electron chi connectivity index (χ2n) is 8.67. The van der Waals surface area contributed by atoms with Gasteiger partial charge in [0.1, 0.15) is 17.3 Å². The van der Waals surface area contributed by atoms with Crippen LogP contribution in [-0.2, 0) is 16.1 Å². The first kappa shape index (κ1) is 26.9. The molecule has 190 valence electrons. The fourth-order valence-corrected chi connectivity index (χ4v) is 4.18. The van der Waals surface area contributed by atoms with Crippen molar-refractivity contribution in [2.24, 2.45) is 0 Å². The SMILES string of the molecule is CCCCCOc1ccc(Cn2c(C)nc3cc(OCCCCCC(=O)OCC)ccc32)c(Cl)c1. The fourth-order valence-electron chi connectivity index (χ4n) is 3.95. The number of carbonyl (C=O) groups excluding carboxylic acids is 1. The van der Waals surface area contributed by atoms with Crippen molar-refractivity contribution >= 4 is 28.6 Å². The molecule has 0 spiro atoms. The van der Waals surface area contributed by atoms with E-state index in [0.29, 0.717) is 37.8 Å². The van der Waals surface area contributed by atoms with E-state index >= 15 is 0 Å². The van der Waals surface area contributed by atoms with E-state index in [-0.39, 0.29) is 5.97 Å². The summed E-state index contributed by atoms with van der Waals surface area (Å²) < 4.78 is 18.9. The van der Waals surface area contributed by atoms with Crippen molar-refractivity contribution in [2.45, 2.75) is 72.3 Å². The summed E-state index contributed by atoms with van der Waals surface area (Å²) in [5.74, 6) is 2.41. The van der Waals surface area contributed by atoms with Crippen molar-refractivity contribution in [2.75, 3.05) is 19.8 Å². The van der Waals surface area contributed by atoms with Gasteiger partial charge in [0.15, 0.2) is 0 Å². The van der Waals surface area contributed by atoms with E-state index in [4.69, 9.17) is 30.8 Å². The van der Waals surface area contributed by atoms with Crippen molar-refractivity contribution in [3.63, 3.8) is 0 Å². The average Bonchev–Trinajstić information content (AvgIpc) is 3.15. The average molecular weight is 501 g/mol. The van der Waals surface area contributed by atoms with Crippen LogP contribution in [0.2, 0.25) is 5.02 Å². The Morgan fingerprint density at radius 2 is 1.66 bits per heavy atom. The van der Waals surface area contributed by atoms with E-state index in [1.807, 2.05) is 50.2 Å². The molecule has 0 saturated carbocycles. The number of ether oxygens (including phenoxy) is 3. The Kier molecular flexibility index (Phi) is 10.7. The van der Waals surface area contributed by atoms with E-state index in [1.54, 1.807) is 0 Å². The smallest absolute Gasteiger partial charge is 0.305 e. The van der Waals surface area contributed by atoms with Crippen molar-refractivity contribution < 1.29 is 19.0 Å². The molecule has 0 bridgehead atoms. The molecule has 0 aliphatic carbocycles. The van der Waals surface area contributed by atoms with Gasteiger partial charge in [0.25, 0.3) is 0 Å². The van der Waals surface area contributed by atoms with Crippen LogP contribution in [0.3, 0.4) is 0 Å². The van der Waals surface area contributed by atoms with Gasteiger partial charge in [-0.1, -0.05) is 37.4 Å². The highest BCUT2D eigenvalue weighted by Crippen LogP contribution is 2.27. The first-order valence-electron chi connectivity index (χ1n) is 12.7. The van der Waals surface area contributed by atoms with Crippen LogP contribution in [0.25, 0.3) is 11.0 Å². The number of halogens is 1. The molecule has 0 aliphatic heterocycles. The molecular formula is C28H37ClN2O4. The van der Waals surface area contributed by atoms with Crippen LogP contribution in [0, 0.1) is 6.92 Å². The van der Waals surface area contributed by atoms with Gasteiger partial charge >= 0.3 is 5.97 Å². The molecule has 0 N–H and O–H groups in total. The van der Waals surface area contributed by atoms with Gasteiger partial charge in [-0.3, -0.25) is 4.79 Å². The summed E-state index contributed by atoms with van der Waals surface area (Å²) in [5, 5.41) is 0.696. The zero-order chi connectivity index (χ0) is 25.0. The lowest BCUT2D eigenvalue weighted by atomic mass is 10.2. The monoisotopic (exact) mass is 500 g/mol. The van der Waals surface area contributed by atoms with Crippen LogP contribution in [0.15, 0.2) is 36.4 Å². The molecule has 1 heterocycles. The highest BCUT2D eigenvalue weighted by molar-refractivity contribution is 6.31. The lowest BCUT2D eigenvalue weighted by molar-refractivity contribution is -0.143. The second-order valence-corrected chi connectivity index (χ2v) is 9.08. The lowest BCUT2D eigenvalue weighted by Crippen LogP contribution is -2.04. The highest BCUT2D eigenvalue weighted by atomic mass is 35.5. The normalized spacial score (nSPS) is 11.1. The predicted octanol–water partition coefficient (Wildman–Crippen LogP) is 7.12. The van der Waals surface area contributed by atoms with E-state index in [2.05, 4.69) is 11.5 Å². The first-order chi connectivity index (χ1) is 17.0. The van der Waals surface area contributed by atoms with Gasteiger partial charge in [0.05, 0.1) is 37.4 Å². The van der Waals surface area contributed by atoms with Crippen LogP contribution in [0.1, 0.15) is 70.2 Å². The molecule has 0 atom stereocenters. The van der Waals surface area contributed by atoms with Crippen LogP contribution < -0.4 is 9.47 Å². The Morgan fingerprint density at radius 1 is 0.943 bits per heavy atom. The molecule has 6 nitrogen and oxygen atoms in total. The number of aryl methyl sites for hydroxylation is 1. The molecule has 3 aromatic rings. The minimum absolute atomic E-state index is 0.127. The zero-order valence-electron chi connectivity index (χ0n) is 21.1. The fraction of sp³-hybridized carbons (Fsp3) is 0.500. The number of hydrogen-bond donors (Lipinski definition) is 0. The topological polar surface area (TPSA) is 62.6 Å². The van der Waals surface area contributed by atoms with Crippen molar-refractivity contribution in [3.05, 3.63) is 52.8 Å². The maximum atomic E-state index is 11.4. The molecule has 0 unspecified atom stereocenters. The summed E-state index contributed by atoms with van der Waals surface area (Å²) in [4.78, 5) is 16.1. The van der Waals surface area contributed by atoms with Gasteiger partial charge in [-0.05, 0) is 69.4 Å². The van der Waals surface area contributed by atoms with E-state index in [1.165, 1.54) is 12.8 Å². The Balaban J connectivity index is 1.55. The number of aromatic nitrogens is 2. The number of carbonyl (C=O) groups is 1. The third kappa shape index (κ3) is 8.17. The molecule has 3 rings (SSSR count). The maximum Gasteiger partial charge on any atom is 0.305 e. The molecule has 1 aromatic heterocycles. The number of esters is 1. The molecule has 0 amide bonds. The van der Waals surface area contributed by atoms with Gasteiger partial charge in [-0.25, -0.2) is 4.98 Å². The van der Waals surface area contributed by atoms with Crippen LogP contribution in [-0.4, -0.2) is 35.3 Å². The molecule has 35 heavy (non-hydrogen) atoms. The molecule has 0 fully saturated rings. The van der Waals surface area contributed by atoms with Crippen molar-refractivity contribution in [1.29, 1.82) is 0 Å². The maximum absolute atomic E-state index is 11.4. The van der Waals surface area contributed by atoms with E-state index < -0.39 is 0 Å². The molecule has 7 heteroatoms. The summed E-state index contributed by atoms with van der Waals surface area (Å²) in [6.45, 7) is 8.41. The van der Waals surface area contributed by atoms with Crippen molar-refractivity contribution in [1.82, 2.24) is 9.55 Å². The standard InChI is InChI=1S/C28H37ClN2O4/c1-4-6-9-16-34-23-13-12-22(25(29)18-23)20-31-21(3)30-26-19-24(14-15-27(26)31)35-17-10-7-8-11-28(32)33-5-2/h12-15,18-19H,4-11,16-17,20H2,1-3H3. The number of unbranched alkanes of at least 4 members (excludes halogenated alkanes) is 4. The number of nitrogens with zero attached hydrogens (tertiary/aromatic N) is 2. The third-order valence-corrected chi connectivity index (χ3v) is 6.23. The number of hydrogen-bond acceptors (Lipinski definition) is 5. The third-order valence-electron chi connectivity index (χ3n) is 5.88. The highest BCUT2D eigenvalue weighted by Gasteiger charge is 2.12. The Hall–Kier alpha value is -2.73. The van der Waals surface area contributed by atoms with Crippen molar-refractivity contribution in [3.8, 4) is 11.5 Å². The summed E-state index contributed by atoms with van der Waals surface area (Å²) in [7, 11) is 0. The summed E-state index contributed by atoms with van der Waals surface area (Å²) in [5.41, 5.74) is 2.97. The molecule has 0 aliphatic rings. The van der Waals surface area contributed by atoms with Crippen LogP contribution >= 0.6 is 11.6 Å². The summed E-state index contributed by atoms with van der Waals surface area (Å²) in [6.07, 6.45) is 6.50. The quantitative estimate of drug-likeness (QED) is 0.164. The second kappa shape index (κ2) is 14.0. The van der Waals surface area contributed by atoms with Gasteiger partial charge < -0.3 is 18.8 Å². The lowest BCUT2D eigenvalue weighted by Gasteiger charge is -2.12. The Labute approximate surface area is 213 Å². The van der Waals surface area contributed by atoms with Crippen LogP contribution in [0.4, 0.5) is 0 Å². The minimum atomic E-state index is -0.127. The number of rotatable bonds is 15. The molecule has 0 saturated heterocycles. The Morgan fingerprint density at radius 3 is 2.37 bits per heavy atom. The van der Waals surface area contributed by atoms with Gasteiger partial charge in [-0.2, -0.15) is 0 Å². The van der Waals surface area contributed by atoms with E-state index in [0.717, 1.165) is 59.6 Å². The largest absolute Gasteiger partial charge is 0.494 e. The summed E-state index contributed by atoms with van der Waals surface area (Å²) >= 11 is 6.58. The number of fused-ring (bicyclic) bond motifs is 1. The molecular weight excluding hydrogens is 464 g/mol. The number of benzene rings is 2. The molecule has 2 aromatic carbocycles. The summed E-state index contributed by atoms with van der Waals surface area (Å²) in [6, 6.07) is 11.9. The van der Waals surface area contributed by atoms with Gasteiger partial charge in [-0.15, -0.1) is 0 Å². The molecule has 0 radical (unpaired) electrons. The van der Waals surface area contributed by atoms with E-state index in [9.17, 15) is 4.79 Å². The van der Waals surface area contributed by atoms with Gasteiger partial charge in [0.2, 0.25) is 0 Å². The Bertz CT molecular complexity index is 1100. The first-order valence-corrected chi connectivity index (χ1v) is 13.1. The van der Waals surface area contributed by atoms with Crippen LogP contribution in [0.5, 0.6) is 11.5 Å². The van der Waals surface area contributed by atoms with Gasteiger partial charge in [0, 0.05) is 17.5 Å². The zero-order valence-corrected chi connectivity index (χ0v) is 21.9. The predicted molar refractivity (Wildman–Crippen MR) is 141 cm³/mol. The number of imidazole rings is 1.